The Balaban J connectivity index is 1.80. The highest BCUT2D eigenvalue weighted by atomic mass is 16.3. The Kier molecular flexibility index (Phi) is 3.72. The Hall–Kier alpha value is -2.44. The lowest BCUT2D eigenvalue weighted by Gasteiger charge is -2.63. The van der Waals surface area contributed by atoms with Crippen molar-refractivity contribution in [3.8, 4) is 5.75 Å². The highest BCUT2D eigenvalue weighted by Crippen LogP contribution is 2.56. The maximum absolute atomic E-state index is 12.8. The first-order chi connectivity index (χ1) is 13.7. The number of phenols is 1. The molecule has 152 valence electrons. The number of likely N-dealkylation sites (N-methyl/N-ethyl adjacent to an activating group) is 1. The zero-order valence-electron chi connectivity index (χ0n) is 17.0. The number of fused-ring (bicyclic) bond motifs is 2. The third-order valence-corrected chi connectivity index (χ3v) is 7.76. The fourth-order valence-electron chi connectivity index (χ4n) is 6.19. The number of hydrogen-bond donors (Lipinski definition) is 2. The molecule has 6 nitrogen and oxygen atoms in total. The van der Waals surface area contributed by atoms with E-state index in [9.17, 15) is 19.8 Å². The average molecular weight is 394 g/mol. The summed E-state index contributed by atoms with van der Waals surface area (Å²) >= 11 is 0. The number of aliphatic hydroxyl groups is 1. The number of likely N-dealkylation sites (tertiary alicyclic amines) is 1. The molecule has 3 aliphatic rings. The third-order valence-electron chi connectivity index (χ3n) is 7.76. The van der Waals surface area contributed by atoms with Crippen molar-refractivity contribution in [2.45, 2.75) is 49.7 Å². The van der Waals surface area contributed by atoms with Gasteiger partial charge in [-0.3, -0.25) is 9.59 Å². The van der Waals surface area contributed by atoms with Crippen molar-refractivity contribution in [3.63, 3.8) is 0 Å². The second-order valence-electron chi connectivity index (χ2n) is 9.10. The van der Waals surface area contributed by atoms with E-state index in [2.05, 4.69) is 11.9 Å². The number of carbonyl (C=O) groups excluding carboxylic acids is 1. The molecule has 0 unspecified atom stereocenters. The zero-order chi connectivity index (χ0) is 20.7. The molecule has 2 aliphatic carbocycles. The van der Waals surface area contributed by atoms with E-state index in [1.165, 1.54) is 6.92 Å². The monoisotopic (exact) mass is 394 g/mol. The number of ketones is 1. The second kappa shape index (κ2) is 5.80. The van der Waals surface area contributed by atoms with E-state index in [-0.39, 0.29) is 28.7 Å². The van der Waals surface area contributed by atoms with Gasteiger partial charge in [-0.2, -0.15) is 0 Å². The molecule has 1 fully saturated rings. The molecular weight excluding hydrogens is 368 g/mol. The van der Waals surface area contributed by atoms with Crippen LogP contribution in [-0.4, -0.2) is 50.7 Å². The predicted octanol–water partition coefficient (Wildman–Crippen LogP) is 1.32. The van der Waals surface area contributed by atoms with Crippen molar-refractivity contribution >= 4 is 5.78 Å². The Morgan fingerprint density at radius 1 is 1.17 bits per heavy atom. The lowest BCUT2D eigenvalue weighted by atomic mass is 9.49. The number of benzene rings is 1. The highest BCUT2D eigenvalue weighted by Gasteiger charge is 2.64. The summed E-state index contributed by atoms with van der Waals surface area (Å²) in [6.07, 6.45) is 2.37. The second-order valence-corrected chi connectivity index (χ2v) is 9.10. The summed E-state index contributed by atoms with van der Waals surface area (Å²) in [5.74, 6) is -0.0543. The van der Waals surface area contributed by atoms with E-state index in [0.29, 0.717) is 19.3 Å². The highest BCUT2D eigenvalue weighted by molar-refractivity contribution is 5.94. The molecular formula is C23H26N2O4. The minimum Gasteiger partial charge on any atom is -0.508 e. The summed E-state index contributed by atoms with van der Waals surface area (Å²) in [5.41, 5.74) is 2.21. The van der Waals surface area contributed by atoms with Crippen LogP contribution in [0.15, 0.2) is 29.1 Å². The molecule has 29 heavy (non-hydrogen) atoms. The van der Waals surface area contributed by atoms with Gasteiger partial charge in [0.2, 0.25) is 0 Å². The number of piperidine rings is 1. The smallest absolute Gasteiger partial charge is 0.261 e. The van der Waals surface area contributed by atoms with Gasteiger partial charge in [-0.25, -0.2) is 0 Å². The predicted molar refractivity (Wildman–Crippen MR) is 109 cm³/mol. The number of carbonyl (C=O) groups is 1. The number of Topliss-reactive ketones (excluding diaryl/α,β-unsaturated/α-hetero) is 1. The summed E-state index contributed by atoms with van der Waals surface area (Å²) in [6.45, 7) is 2.25. The van der Waals surface area contributed by atoms with Gasteiger partial charge in [0.1, 0.15) is 5.75 Å². The van der Waals surface area contributed by atoms with Crippen molar-refractivity contribution in [2.24, 2.45) is 7.05 Å². The summed E-state index contributed by atoms with van der Waals surface area (Å²) in [7, 11) is 3.77. The Bertz CT molecular complexity index is 1120. The quantitative estimate of drug-likeness (QED) is 0.713. The third kappa shape index (κ3) is 2.24. The van der Waals surface area contributed by atoms with Crippen LogP contribution in [0, 0.1) is 0 Å². The molecule has 2 N–H and O–H groups in total. The first-order valence-electron chi connectivity index (χ1n) is 10.2. The lowest BCUT2D eigenvalue weighted by molar-refractivity contribution is -0.145. The van der Waals surface area contributed by atoms with Crippen molar-refractivity contribution in [2.75, 3.05) is 13.6 Å². The van der Waals surface area contributed by atoms with Gasteiger partial charge in [-0.05, 0) is 68.2 Å². The molecule has 5 rings (SSSR count). The number of nitrogens with zero attached hydrogens (tertiary/aromatic N) is 2. The minimum absolute atomic E-state index is 0.0561. The van der Waals surface area contributed by atoms with Crippen molar-refractivity contribution < 1.29 is 15.0 Å². The molecule has 0 saturated carbocycles. The maximum Gasteiger partial charge on any atom is 0.261 e. The molecule has 2 heterocycles. The zero-order valence-corrected chi connectivity index (χ0v) is 17.0. The van der Waals surface area contributed by atoms with Gasteiger partial charge in [-0.1, -0.05) is 6.07 Å². The van der Waals surface area contributed by atoms with Gasteiger partial charge in [-0.15, -0.1) is 0 Å². The fourth-order valence-corrected chi connectivity index (χ4v) is 6.19. The van der Waals surface area contributed by atoms with Crippen LogP contribution in [0.3, 0.4) is 0 Å². The number of pyridine rings is 1. The van der Waals surface area contributed by atoms with E-state index in [1.807, 2.05) is 6.07 Å². The Morgan fingerprint density at radius 3 is 2.66 bits per heavy atom. The van der Waals surface area contributed by atoms with Crippen LogP contribution in [0.2, 0.25) is 0 Å². The van der Waals surface area contributed by atoms with E-state index in [1.54, 1.807) is 29.8 Å². The van der Waals surface area contributed by atoms with Gasteiger partial charge in [0, 0.05) is 37.0 Å². The Labute approximate surface area is 169 Å². The van der Waals surface area contributed by atoms with Crippen LogP contribution in [0.5, 0.6) is 5.75 Å². The topological polar surface area (TPSA) is 82.8 Å². The molecule has 1 saturated heterocycles. The molecule has 1 aliphatic heterocycles. The first kappa shape index (κ1) is 18.6. The largest absolute Gasteiger partial charge is 0.508 e. The summed E-state index contributed by atoms with van der Waals surface area (Å²) in [4.78, 5) is 27.0. The van der Waals surface area contributed by atoms with Crippen LogP contribution < -0.4 is 5.56 Å². The number of hydrogen-bond acceptors (Lipinski definition) is 5. The molecule has 6 heteroatoms. The first-order valence-corrected chi connectivity index (χ1v) is 10.2. The van der Waals surface area contributed by atoms with Crippen LogP contribution in [-0.2, 0) is 31.7 Å². The number of aromatic hydroxyl groups is 1. The number of aromatic nitrogens is 1. The standard InChI is InChI=1S/C23H26N2O4/c1-13(26)17-8-15-11-23(29)20-9-14-4-5-16(27)10-18(14)22(23,6-7-24(20)2)12-19(15)25(3)21(17)28/h4-5,8,10,20,27,29H,6-7,9,11-12H2,1-3H3/t20-,22-,23-/m1/s1. The van der Waals surface area contributed by atoms with Crippen molar-refractivity contribution in [1.82, 2.24) is 9.47 Å². The molecule has 3 atom stereocenters. The number of phenolic OH excluding ortho intramolecular Hbond substituents is 1. The van der Waals surface area contributed by atoms with Gasteiger partial charge >= 0.3 is 0 Å². The van der Waals surface area contributed by atoms with Gasteiger partial charge in [0.25, 0.3) is 5.56 Å². The molecule has 1 aromatic carbocycles. The molecule has 1 aromatic heterocycles. The molecule has 0 spiro atoms. The number of rotatable bonds is 1. The Morgan fingerprint density at radius 2 is 1.93 bits per heavy atom. The van der Waals surface area contributed by atoms with E-state index in [4.69, 9.17) is 0 Å². The van der Waals surface area contributed by atoms with Crippen LogP contribution in [0.25, 0.3) is 0 Å². The van der Waals surface area contributed by atoms with Crippen LogP contribution >= 0.6 is 0 Å². The average Bonchev–Trinajstić information content (AvgIpc) is 2.66. The van der Waals surface area contributed by atoms with E-state index < -0.39 is 11.0 Å². The summed E-state index contributed by atoms with van der Waals surface area (Å²) in [5, 5.41) is 22.4. The maximum atomic E-state index is 12.8. The summed E-state index contributed by atoms with van der Waals surface area (Å²) in [6, 6.07) is 7.11. The normalized spacial score (nSPS) is 30.3. The van der Waals surface area contributed by atoms with E-state index >= 15 is 0 Å². The van der Waals surface area contributed by atoms with Crippen molar-refractivity contribution in [1.29, 1.82) is 0 Å². The molecule has 2 aromatic rings. The molecule has 2 bridgehead atoms. The minimum atomic E-state index is -1.03. The van der Waals surface area contributed by atoms with Crippen LogP contribution in [0.1, 0.15) is 46.1 Å². The van der Waals surface area contributed by atoms with Gasteiger partial charge in [0.15, 0.2) is 5.78 Å². The van der Waals surface area contributed by atoms with Gasteiger partial charge in [0.05, 0.1) is 11.2 Å². The van der Waals surface area contributed by atoms with E-state index in [0.717, 1.165) is 35.3 Å². The lowest BCUT2D eigenvalue weighted by Crippen LogP contribution is -2.73. The summed E-state index contributed by atoms with van der Waals surface area (Å²) < 4.78 is 1.59. The van der Waals surface area contributed by atoms with Crippen molar-refractivity contribution in [3.05, 3.63) is 62.6 Å². The SMILES string of the molecule is CC(=O)c1cc2c(n(C)c1=O)C[C@]13CCN(C)[C@H](Cc4ccc(O)cc41)[C@]3(O)C2. The molecule has 0 radical (unpaired) electrons. The fraction of sp³-hybridized carbons (Fsp3) is 0.478. The van der Waals surface area contributed by atoms with Gasteiger partial charge < -0.3 is 19.7 Å². The molecule has 0 amide bonds. The van der Waals surface area contributed by atoms with Crippen LogP contribution in [0.4, 0.5) is 0 Å².